The SMILES string of the molecule is C=CC(=O)Nc1cc(NC(C)C)c(OC)cc1N1CCCCC1. The van der Waals surface area contributed by atoms with Gasteiger partial charge >= 0.3 is 0 Å². The van der Waals surface area contributed by atoms with Gasteiger partial charge in [-0.05, 0) is 45.3 Å². The summed E-state index contributed by atoms with van der Waals surface area (Å²) in [6, 6.07) is 4.23. The summed E-state index contributed by atoms with van der Waals surface area (Å²) in [5.74, 6) is 0.583. The van der Waals surface area contributed by atoms with Crippen molar-refractivity contribution in [3.05, 3.63) is 24.8 Å². The second-order valence-corrected chi connectivity index (χ2v) is 6.11. The van der Waals surface area contributed by atoms with Crippen LogP contribution in [0.1, 0.15) is 33.1 Å². The first-order chi connectivity index (χ1) is 11.0. The summed E-state index contributed by atoms with van der Waals surface area (Å²) < 4.78 is 5.54. The lowest BCUT2D eigenvalue weighted by molar-refractivity contribution is -0.111. The number of ether oxygens (including phenoxy) is 1. The van der Waals surface area contributed by atoms with E-state index >= 15 is 0 Å². The van der Waals surface area contributed by atoms with E-state index in [2.05, 4.69) is 36.0 Å². The van der Waals surface area contributed by atoms with E-state index in [1.54, 1.807) is 7.11 Å². The molecule has 0 bridgehead atoms. The van der Waals surface area contributed by atoms with Crippen molar-refractivity contribution < 1.29 is 9.53 Å². The maximum absolute atomic E-state index is 11.8. The van der Waals surface area contributed by atoms with E-state index in [9.17, 15) is 4.79 Å². The maximum atomic E-state index is 11.8. The molecule has 1 aromatic carbocycles. The topological polar surface area (TPSA) is 53.6 Å². The molecule has 0 saturated carbocycles. The van der Waals surface area contributed by atoms with Crippen LogP contribution in [0.15, 0.2) is 24.8 Å². The summed E-state index contributed by atoms with van der Waals surface area (Å²) in [4.78, 5) is 14.1. The molecule has 1 amide bonds. The van der Waals surface area contributed by atoms with Crippen molar-refractivity contribution in [3.63, 3.8) is 0 Å². The zero-order valence-electron chi connectivity index (χ0n) is 14.3. The fraction of sp³-hybridized carbons (Fsp3) is 0.500. The molecule has 2 N–H and O–H groups in total. The highest BCUT2D eigenvalue weighted by Gasteiger charge is 2.19. The molecule has 0 spiro atoms. The summed E-state index contributed by atoms with van der Waals surface area (Å²) >= 11 is 0. The van der Waals surface area contributed by atoms with Gasteiger partial charge in [0.05, 0.1) is 24.2 Å². The van der Waals surface area contributed by atoms with Gasteiger partial charge in [0.2, 0.25) is 5.91 Å². The lowest BCUT2D eigenvalue weighted by Crippen LogP contribution is -2.30. The van der Waals surface area contributed by atoms with Gasteiger partial charge in [0.1, 0.15) is 5.75 Å². The Morgan fingerprint density at radius 2 is 1.96 bits per heavy atom. The Balaban J connectivity index is 2.43. The zero-order valence-corrected chi connectivity index (χ0v) is 14.3. The van der Waals surface area contributed by atoms with Crippen LogP contribution in [0.3, 0.4) is 0 Å². The number of methoxy groups -OCH3 is 1. The molecule has 0 unspecified atom stereocenters. The van der Waals surface area contributed by atoms with E-state index in [1.807, 2.05) is 12.1 Å². The number of nitrogens with zero attached hydrogens (tertiary/aromatic N) is 1. The number of carbonyl (C=O) groups is 1. The minimum Gasteiger partial charge on any atom is -0.495 e. The Morgan fingerprint density at radius 3 is 2.52 bits per heavy atom. The van der Waals surface area contributed by atoms with E-state index in [1.165, 1.54) is 25.3 Å². The van der Waals surface area contributed by atoms with Gasteiger partial charge in [0, 0.05) is 25.2 Å². The Labute approximate surface area is 138 Å². The number of rotatable bonds is 6. The average molecular weight is 317 g/mol. The number of benzene rings is 1. The van der Waals surface area contributed by atoms with E-state index in [0.29, 0.717) is 0 Å². The van der Waals surface area contributed by atoms with Crippen LogP contribution in [0, 0.1) is 0 Å². The maximum Gasteiger partial charge on any atom is 0.247 e. The second kappa shape index (κ2) is 7.90. The Hall–Kier alpha value is -2.17. The van der Waals surface area contributed by atoms with Gasteiger partial charge in [0.15, 0.2) is 0 Å². The lowest BCUT2D eigenvalue weighted by Gasteiger charge is -2.31. The first-order valence-corrected chi connectivity index (χ1v) is 8.22. The normalized spacial score (nSPS) is 14.5. The van der Waals surface area contributed by atoms with Crippen LogP contribution in [-0.2, 0) is 4.79 Å². The fourth-order valence-corrected chi connectivity index (χ4v) is 2.84. The van der Waals surface area contributed by atoms with E-state index in [4.69, 9.17) is 4.74 Å². The number of piperidine rings is 1. The number of hydrogen-bond donors (Lipinski definition) is 2. The van der Waals surface area contributed by atoms with Crippen molar-refractivity contribution in [3.8, 4) is 5.75 Å². The molecule has 5 nitrogen and oxygen atoms in total. The molecule has 1 aromatic rings. The van der Waals surface area contributed by atoms with Gasteiger partial charge in [-0.3, -0.25) is 4.79 Å². The molecule has 0 aromatic heterocycles. The van der Waals surface area contributed by atoms with Gasteiger partial charge < -0.3 is 20.3 Å². The lowest BCUT2D eigenvalue weighted by atomic mass is 10.1. The van der Waals surface area contributed by atoms with Crippen LogP contribution in [0.2, 0.25) is 0 Å². The number of nitrogens with one attached hydrogen (secondary N) is 2. The molecule has 1 saturated heterocycles. The Morgan fingerprint density at radius 1 is 1.26 bits per heavy atom. The number of anilines is 3. The molecule has 1 aliphatic rings. The predicted octanol–water partition coefficient (Wildman–Crippen LogP) is 3.63. The fourth-order valence-electron chi connectivity index (χ4n) is 2.84. The largest absolute Gasteiger partial charge is 0.495 e. The third-order valence-corrected chi connectivity index (χ3v) is 3.90. The Bertz CT molecular complexity index is 564. The van der Waals surface area contributed by atoms with Gasteiger partial charge in [-0.15, -0.1) is 0 Å². The summed E-state index contributed by atoms with van der Waals surface area (Å²) in [7, 11) is 1.67. The minimum absolute atomic E-state index is 0.205. The molecule has 5 heteroatoms. The molecule has 1 aliphatic heterocycles. The highest BCUT2D eigenvalue weighted by Crippen LogP contribution is 2.38. The summed E-state index contributed by atoms with van der Waals surface area (Å²) in [5, 5.41) is 6.29. The molecular weight excluding hydrogens is 290 g/mol. The van der Waals surface area contributed by atoms with Gasteiger partial charge in [0.25, 0.3) is 0 Å². The molecule has 0 atom stereocenters. The highest BCUT2D eigenvalue weighted by atomic mass is 16.5. The van der Waals surface area contributed by atoms with Crippen LogP contribution in [0.25, 0.3) is 0 Å². The number of hydrogen-bond acceptors (Lipinski definition) is 4. The standard InChI is InChI=1S/C18H27N3O2/c1-5-18(22)20-14-11-15(19-13(2)3)17(23-4)12-16(14)21-9-7-6-8-10-21/h5,11-13,19H,1,6-10H2,2-4H3,(H,20,22). The Kier molecular flexibility index (Phi) is 5.90. The van der Waals surface area contributed by atoms with Crippen molar-refractivity contribution in [1.82, 2.24) is 0 Å². The number of carbonyl (C=O) groups excluding carboxylic acids is 1. The predicted molar refractivity (Wildman–Crippen MR) is 96.6 cm³/mol. The first-order valence-electron chi connectivity index (χ1n) is 8.22. The van der Waals surface area contributed by atoms with Crippen molar-refractivity contribution in [2.45, 2.75) is 39.2 Å². The van der Waals surface area contributed by atoms with E-state index < -0.39 is 0 Å². The first kappa shape index (κ1) is 17.2. The highest BCUT2D eigenvalue weighted by molar-refractivity contribution is 6.02. The van der Waals surface area contributed by atoms with Crippen LogP contribution in [-0.4, -0.2) is 32.1 Å². The summed E-state index contributed by atoms with van der Waals surface area (Å²) in [6.07, 6.45) is 4.89. The summed E-state index contributed by atoms with van der Waals surface area (Å²) in [6.45, 7) is 9.67. The van der Waals surface area contributed by atoms with Crippen molar-refractivity contribution in [2.75, 3.05) is 35.7 Å². The van der Waals surface area contributed by atoms with Crippen LogP contribution >= 0.6 is 0 Å². The molecule has 0 radical (unpaired) electrons. The zero-order chi connectivity index (χ0) is 16.8. The summed E-state index contributed by atoms with van der Waals surface area (Å²) in [5.41, 5.74) is 2.68. The van der Waals surface area contributed by atoms with Crippen molar-refractivity contribution >= 4 is 23.0 Å². The molecule has 1 heterocycles. The smallest absolute Gasteiger partial charge is 0.247 e. The second-order valence-electron chi connectivity index (χ2n) is 6.11. The van der Waals surface area contributed by atoms with Crippen molar-refractivity contribution in [1.29, 1.82) is 0 Å². The van der Waals surface area contributed by atoms with Gasteiger partial charge in [-0.1, -0.05) is 6.58 Å². The average Bonchev–Trinajstić information content (AvgIpc) is 2.55. The van der Waals surface area contributed by atoms with E-state index in [0.717, 1.165) is 35.9 Å². The third kappa shape index (κ3) is 4.41. The van der Waals surface area contributed by atoms with Gasteiger partial charge in [-0.25, -0.2) is 0 Å². The van der Waals surface area contributed by atoms with Crippen LogP contribution in [0.4, 0.5) is 17.1 Å². The van der Waals surface area contributed by atoms with Crippen LogP contribution < -0.4 is 20.3 Å². The van der Waals surface area contributed by atoms with Gasteiger partial charge in [-0.2, -0.15) is 0 Å². The molecule has 1 fully saturated rings. The van der Waals surface area contributed by atoms with Crippen molar-refractivity contribution in [2.24, 2.45) is 0 Å². The quantitative estimate of drug-likeness (QED) is 0.787. The monoisotopic (exact) mass is 317 g/mol. The third-order valence-electron chi connectivity index (χ3n) is 3.90. The molecule has 2 rings (SSSR count). The molecular formula is C18H27N3O2. The van der Waals surface area contributed by atoms with Crippen LogP contribution in [0.5, 0.6) is 5.75 Å². The minimum atomic E-state index is -0.205. The molecule has 23 heavy (non-hydrogen) atoms. The molecule has 126 valence electrons. The van der Waals surface area contributed by atoms with E-state index in [-0.39, 0.29) is 11.9 Å². The number of amides is 1. The molecule has 0 aliphatic carbocycles.